The first-order chi connectivity index (χ1) is 14.2. The number of carbonyl (C=O) groups excluding carboxylic acids is 2. The molecule has 0 aliphatic carbocycles. The predicted molar refractivity (Wildman–Crippen MR) is 113 cm³/mol. The Bertz CT molecular complexity index is 1190. The number of amides is 2. The summed E-state index contributed by atoms with van der Waals surface area (Å²) in [5.74, 6) is -0.657. The maximum absolute atomic E-state index is 13.5. The molecule has 2 heterocycles. The van der Waals surface area contributed by atoms with Gasteiger partial charge in [0.2, 0.25) is 5.91 Å². The maximum atomic E-state index is 13.5. The molecule has 1 unspecified atom stereocenters. The van der Waals surface area contributed by atoms with Crippen molar-refractivity contribution in [2.75, 3.05) is 24.6 Å². The third-order valence-electron chi connectivity index (χ3n) is 4.81. The molecule has 1 fully saturated rings. The fourth-order valence-electron chi connectivity index (χ4n) is 3.45. The minimum Gasteiger partial charge on any atom is -0.342 e. The molecule has 1 aliphatic heterocycles. The zero-order chi connectivity index (χ0) is 21.9. The monoisotopic (exact) mass is 451 g/mol. The molecule has 2 amide bonds. The summed E-state index contributed by atoms with van der Waals surface area (Å²) in [6, 6.07) is 4.09. The zero-order valence-corrected chi connectivity index (χ0v) is 18.1. The molecule has 1 aromatic carbocycles. The van der Waals surface area contributed by atoms with Crippen LogP contribution in [0.1, 0.15) is 19.8 Å². The molecule has 3 rings (SSSR count). The second kappa shape index (κ2) is 9.10. The number of benzene rings is 1. The van der Waals surface area contributed by atoms with Crippen molar-refractivity contribution < 1.29 is 22.4 Å². The molecular formula is C20H22FN3O4S2. The summed E-state index contributed by atoms with van der Waals surface area (Å²) >= 11 is 1.04. The standard InChI is InChI=1S/C20H22FN3O4S2/c1-3-8-24-16-7-6-15(21)10-17(16)29-20(24)22-18(25)12-30(27,28)13-19(26)23-9-4-5-14(2)11-23/h1,6-7,10,14H,4-5,8-9,11-13H2,2H3. The number of rotatable bonds is 5. The van der Waals surface area contributed by atoms with Crippen LogP contribution in [-0.4, -0.2) is 54.3 Å². The van der Waals surface area contributed by atoms with Crippen molar-refractivity contribution in [2.45, 2.75) is 26.3 Å². The smallest absolute Gasteiger partial charge is 0.263 e. The predicted octanol–water partition coefficient (Wildman–Crippen LogP) is 1.58. The Morgan fingerprint density at radius 1 is 1.37 bits per heavy atom. The van der Waals surface area contributed by atoms with E-state index in [-0.39, 0.29) is 11.3 Å². The summed E-state index contributed by atoms with van der Waals surface area (Å²) in [4.78, 5) is 30.3. The Kier molecular flexibility index (Phi) is 6.73. The van der Waals surface area contributed by atoms with Crippen LogP contribution in [0.5, 0.6) is 0 Å². The summed E-state index contributed by atoms with van der Waals surface area (Å²) in [6.07, 6.45) is 7.21. The van der Waals surface area contributed by atoms with Crippen molar-refractivity contribution in [2.24, 2.45) is 10.9 Å². The van der Waals surface area contributed by atoms with E-state index in [1.807, 2.05) is 6.92 Å². The highest BCUT2D eigenvalue weighted by Gasteiger charge is 2.27. The topological polar surface area (TPSA) is 88.8 Å². The molecule has 0 bridgehead atoms. The molecule has 0 N–H and O–H groups in total. The molecule has 0 radical (unpaired) electrons. The molecule has 2 aromatic rings. The molecule has 0 spiro atoms. The van der Waals surface area contributed by atoms with Crippen LogP contribution in [0, 0.1) is 24.1 Å². The van der Waals surface area contributed by atoms with Crippen LogP contribution in [0.3, 0.4) is 0 Å². The zero-order valence-electron chi connectivity index (χ0n) is 16.5. The number of hydrogen-bond donors (Lipinski definition) is 0. The fraction of sp³-hybridized carbons (Fsp3) is 0.450. The Hall–Kier alpha value is -2.51. The fourth-order valence-corrected chi connectivity index (χ4v) is 5.62. The summed E-state index contributed by atoms with van der Waals surface area (Å²) < 4.78 is 40.3. The first-order valence-electron chi connectivity index (χ1n) is 9.46. The largest absolute Gasteiger partial charge is 0.342 e. The lowest BCUT2D eigenvalue weighted by atomic mass is 10.0. The summed E-state index contributed by atoms with van der Waals surface area (Å²) in [7, 11) is -3.97. The van der Waals surface area contributed by atoms with Crippen molar-refractivity contribution in [3.63, 3.8) is 0 Å². The Morgan fingerprint density at radius 3 is 2.83 bits per heavy atom. The lowest BCUT2D eigenvalue weighted by molar-refractivity contribution is -0.130. The lowest BCUT2D eigenvalue weighted by Crippen LogP contribution is -2.42. The van der Waals surface area contributed by atoms with E-state index in [2.05, 4.69) is 10.9 Å². The minimum atomic E-state index is -3.97. The average molecular weight is 452 g/mol. The molecule has 1 aliphatic rings. The Morgan fingerprint density at radius 2 is 2.13 bits per heavy atom. The van der Waals surface area contributed by atoms with E-state index in [4.69, 9.17) is 6.42 Å². The number of sulfone groups is 1. The average Bonchev–Trinajstić information content (AvgIpc) is 2.97. The first-order valence-corrected chi connectivity index (χ1v) is 12.1. The van der Waals surface area contributed by atoms with Crippen molar-refractivity contribution in [3.05, 3.63) is 28.8 Å². The highest BCUT2D eigenvalue weighted by Crippen LogP contribution is 2.19. The summed E-state index contributed by atoms with van der Waals surface area (Å²) in [5, 5.41) is 0. The van der Waals surface area contributed by atoms with E-state index in [0.29, 0.717) is 29.2 Å². The van der Waals surface area contributed by atoms with Gasteiger partial charge in [0.05, 0.1) is 16.8 Å². The molecule has 30 heavy (non-hydrogen) atoms. The number of aromatic nitrogens is 1. The number of piperidine rings is 1. The Balaban J connectivity index is 1.78. The van der Waals surface area contributed by atoms with Gasteiger partial charge in [-0.15, -0.1) is 6.42 Å². The van der Waals surface area contributed by atoms with Gasteiger partial charge < -0.3 is 9.47 Å². The normalized spacial score (nSPS) is 17.8. The van der Waals surface area contributed by atoms with Gasteiger partial charge >= 0.3 is 0 Å². The van der Waals surface area contributed by atoms with Gasteiger partial charge in [-0.25, -0.2) is 12.8 Å². The molecule has 10 heteroatoms. The third-order valence-corrected chi connectivity index (χ3v) is 7.23. The number of halogens is 1. The van der Waals surface area contributed by atoms with Gasteiger partial charge in [-0.3, -0.25) is 9.59 Å². The van der Waals surface area contributed by atoms with Crippen molar-refractivity contribution in [3.8, 4) is 12.3 Å². The van der Waals surface area contributed by atoms with Gasteiger partial charge in [0, 0.05) is 13.1 Å². The second-order valence-electron chi connectivity index (χ2n) is 7.41. The molecular weight excluding hydrogens is 429 g/mol. The highest BCUT2D eigenvalue weighted by molar-refractivity contribution is 7.92. The molecule has 1 atom stereocenters. The summed E-state index contributed by atoms with van der Waals surface area (Å²) in [5.41, 5.74) is 0.600. The first kappa shape index (κ1) is 22.2. The van der Waals surface area contributed by atoms with E-state index in [9.17, 15) is 22.4 Å². The highest BCUT2D eigenvalue weighted by atomic mass is 32.2. The lowest BCUT2D eigenvalue weighted by Gasteiger charge is -2.30. The maximum Gasteiger partial charge on any atom is 0.263 e. The SMILES string of the molecule is C#CCn1c(=NC(=O)CS(=O)(=O)CC(=O)N2CCCC(C)C2)sc2cc(F)ccc21. The van der Waals surface area contributed by atoms with E-state index in [1.54, 1.807) is 4.57 Å². The van der Waals surface area contributed by atoms with Crippen LogP contribution in [0.2, 0.25) is 0 Å². The quantitative estimate of drug-likeness (QED) is 0.646. The summed E-state index contributed by atoms with van der Waals surface area (Å²) in [6.45, 7) is 3.16. The number of nitrogens with zero attached hydrogens (tertiary/aromatic N) is 3. The van der Waals surface area contributed by atoms with Gasteiger partial charge in [0.1, 0.15) is 17.3 Å². The van der Waals surface area contributed by atoms with Crippen LogP contribution in [0.15, 0.2) is 23.2 Å². The van der Waals surface area contributed by atoms with Gasteiger partial charge in [0.15, 0.2) is 14.6 Å². The third kappa shape index (κ3) is 5.34. The number of hydrogen-bond acceptors (Lipinski definition) is 5. The molecule has 1 aromatic heterocycles. The number of likely N-dealkylation sites (tertiary alicyclic amines) is 1. The number of fused-ring (bicyclic) bond motifs is 1. The van der Waals surface area contributed by atoms with Gasteiger partial charge in [-0.05, 0) is 37.0 Å². The van der Waals surface area contributed by atoms with Crippen molar-refractivity contribution >= 4 is 43.2 Å². The number of carbonyl (C=O) groups is 2. The van der Waals surface area contributed by atoms with Crippen molar-refractivity contribution in [1.29, 1.82) is 0 Å². The number of thiazole rings is 1. The van der Waals surface area contributed by atoms with Crippen LogP contribution in [0.25, 0.3) is 10.2 Å². The van der Waals surface area contributed by atoms with Crippen molar-refractivity contribution in [1.82, 2.24) is 9.47 Å². The van der Waals surface area contributed by atoms with Crippen LogP contribution < -0.4 is 4.80 Å². The minimum absolute atomic E-state index is 0.0934. The molecule has 160 valence electrons. The number of terminal acetylenes is 1. The van der Waals surface area contributed by atoms with Gasteiger partial charge in [-0.1, -0.05) is 24.2 Å². The van der Waals surface area contributed by atoms with E-state index >= 15 is 0 Å². The van der Waals surface area contributed by atoms with E-state index in [1.165, 1.54) is 23.1 Å². The van der Waals surface area contributed by atoms with Gasteiger partial charge in [0.25, 0.3) is 5.91 Å². The van der Waals surface area contributed by atoms with E-state index < -0.39 is 39.0 Å². The second-order valence-corrected chi connectivity index (χ2v) is 10.5. The van der Waals surface area contributed by atoms with Crippen LogP contribution in [-0.2, 0) is 26.0 Å². The Labute approximate surface area is 178 Å². The van der Waals surface area contributed by atoms with E-state index in [0.717, 1.165) is 24.2 Å². The van der Waals surface area contributed by atoms with Gasteiger partial charge in [-0.2, -0.15) is 4.99 Å². The van der Waals surface area contributed by atoms with Crippen LogP contribution >= 0.6 is 11.3 Å². The molecule has 1 saturated heterocycles. The van der Waals surface area contributed by atoms with Crippen LogP contribution in [0.4, 0.5) is 4.39 Å². The molecule has 7 nitrogen and oxygen atoms in total. The molecule has 0 saturated carbocycles.